The number of aromatic amines is 1. The highest BCUT2D eigenvalue weighted by molar-refractivity contribution is 7.18. The average Bonchev–Trinajstić information content (AvgIpc) is 3.23. The lowest BCUT2D eigenvalue weighted by molar-refractivity contribution is 0.475. The van der Waals surface area contributed by atoms with Crippen LogP contribution in [0.3, 0.4) is 0 Å². The van der Waals surface area contributed by atoms with Gasteiger partial charge in [0.15, 0.2) is 5.82 Å². The van der Waals surface area contributed by atoms with Crippen molar-refractivity contribution in [3.05, 3.63) is 68.9 Å². The summed E-state index contributed by atoms with van der Waals surface area (Å²) in [6.07, 6.45) is 1.65. The minimum absolute atomic E-state index is 0.147. The highest BCUT2D eigenvalue weighted by atomic mass is 35.5. The van der Waals surface area contributed by atoms with E-state index in [1.165, 1.54) is 11.3 Å². The lowest BCUT2D eigenvalue weighted by atomic mass is 10.2. The molecule has 0 amide bonds. The molecular formula is C18H11ClN2O2S2. The number of rotatable bonds is 3. The monoisotopic (exact) mass is 386 g/mol. The van der Waals surface area contributed by atoms with Gasteiger partial charge in [0, 0.05) is 15.8 Å². The molecule has 0 aliphatic heterocycles. The summed E-state index contributed by atoms with van der Waals surface area (Å²) in [7, 11) is 0. The maximum atomic E-state index is 12.6. The lowest BCUT2D eigenvalue weighted by Gasteiger charge is -2.01. The number of halogens is 1. The van der Waals surface area contributed by atoms with Crippen LogP contribution in [0.5, 0.6) is 5.75 Å². The molecule has 124 valence electrons. The largest absolute Gasteiger partial charge is 0.508 e. The number of nitrogens with zero attached hydrogens (tertiary/aromatic N) is 1. The molecule has 0 saturated heterocycles. The number of benzene rings is 1. The molecule has 0 bridgehead atoms. The molecule has 4 rings (SSSR count). The first-order chi connectivity index (χ1) is 12.1. The van der Waals surface area contributed by atoms with Gasteiger partial charge < -0.3 is 10.1 Å². The summed E-state index contributed by atoms with van der Waals surface area (Å²) in [6.45, 7) is 0. The summed E-state index contributed by atoms with van der Waals surface area (Å²) >= 11 is 9.32. The smallest absolute Gasteiger partial charge is 0.260 e. The van der Waals surface area contributed by atoms with Crippen LogP contribution in [0.2, 0.25) is 0 Å². The number of hydrogen-bond acceptors (Lipinski definition) is 5. The van der Waals surface area contributed by atoms with Crippen molar-refractivity contribution in [3.8, 4) is 16.2 Å². The normalized spacial score (nSPS) is 12.0. The predicted molar refractivity (Wildman–Crippen MR) is 105 cm³/mol. The molecule has 3 heterocycles. The second kappa shape index (κ2) is 6.48. The molecule has 0 spiro atoms. The molecule has 4 aromatic rings. The standard InChI is InChI=1S/C18H11ClN2O2S2/c19-13(8-10-3-1-4-11(22)7-10)16-20-17(23)15-12(9-25-18(15)21-16)14-5-2-6-24-14/h1-9,22H,(H,20,21,23). The molecule has 0 unspecified atom stereocenters. The van der Waals surface area contributed by atoms with Crippen molar-refractivity contribution < 1.29 is 5.11 Å². The second-order valence-corrected chi connectivity index (χ2v) is 7.52. The zero-order valence-corrected chi connectivity index (χ0v) is 15.1. The van der Waals surface area contributed by atoms with E-state index in [0.717, 1.165) is 16.0 Å². The van der Waals surface area contributed by atoms with E-state index < -0.39 is 0 Å². The molecule has 0 atom stereocenters. The molecule has 2 N–H and O–H groups in total. The quantitative estimate of drug-likeness (QED) is 0.511. The lowest BCUT2D eigenvalue weighted by Crippen LogP contribution is -2.10. The molecule has 3 aromatic heterocycles. The summed E-state index contributed by atoms with van der Waals surface area (Å²) in [5, 5.41) is 14.3. The Morgan fingerprint density at radius 2 is 2.12 bits per heavy atom. The number of phenolic OH excluding ortho intramolecular Hbond substituents is 1. The van der Waals surface area contributed by atoms with Crippen molar-refractivity contribution in [2.45, 2.75) is 0 Å². The highest BCUT2D eigenvalue weighted by Gasteiger charge is 2.14. The van der Waals surface area contributed by atoms with Crippen LogP contribution in [0.1, 0.15) is 11.4 Å². The van der Waals surface area contributed by atoms with Crippen LogP contribution in [0.15, 0.2) is 52.0 Å². The van der Waals surface area contributed by atoms with Gasteiger partial charge in [-0.25, -0.2) is 4.98 Å². The van der Waals surface area contributed by atoms with Crippen LogP contribution in [0.4, 0.5) is 0 Å². The Morgan fingerprint density at radius 3 is 2.88 bits per heavy atom. The molecule has 1 aromatic carbocycles. The molecule has 25 heavy (non-hydrogen) atoms. The molecule has 0 aliphatic rings. The van der Waals surface area contributed by atoms with Crippen LogP contribution in [0, 0.1) is 0 Å². The van der Waals surface area contributed by atoms with E-state index in [0.29, 0.717) is 21.1 Å². The highest BCUT2D eigenvalue weighted by Crippen LogP contribution is 2.34. The molecule has 0 saturated carbocycles. The van der Waals surface area contributed by atoms with Crippen molar-refractivity contribution in [3.63, 3.8) is 0 Å². The maximum absolute atomic E-state index is 12.6. The van der Waals surface area contributed by atoms with E-state index in [9.17, 15) is 9.90 Å². The Bertz CT molecular complexity index is 1140. The number of nitrogens with one attached hydrogen (secondary N) is 1. The molecule has 4 nitrogen and oxygen atoms in total. The number of fused-ring (bicyclic) bond motifs is 1. The zero-order chi connectivity index (χ0) is 17.4. The average molecular weight is 387 g/mol. The third kappa shape index (κ3) is 3.11. The summed E-state index contributed by atoms with van der Waals surface area (Å²) in [5.41, 5.74) is 1.40. The van der Waals surface area contributed by atoms with Gasteiger partial charge in [0.25, 0.3) is 5.56 Å². The molecule has 7 heteroatoms. The Balaban J connectivity index is 1.81. The first-order valence-electron chi connectivity index (χ1n) is 7.34. The first kappa shape index (κ1) is 16.1. The van der Waals surface area contributed by atoms with Gasteiger partial charge in [0.2, 0.25) is 0 Å². The minimum atomic E-state index is -0.216. The van der Waals surface area contributed by atoms with Crippen LogP contribution < -0.4 is 5.56 Å². The number of H-pyrrole nitrogens is 1. The van der Waals surface area contributed by atoms with Gasteiger partial charge >= 0.3 is 0 Å². The number of hydrogen-bond donors (Lipinski definition) is 2. The Labute approximate surface area is 155 Å². The van der Waals surface area contributed by atoms with Gasteiger partial charge in [-0.15, -0.1) is 22.7 Å². The van der Waals surface area contributed by atoms with Crippen molar-refractivity contribution in [2.24, 2.45) is 0 Å². The van der Waals surface area contributed by atoms with E-state index >= 15 is 0 Å². The summed E-state index contributed by atoms with van der Waals surface area (Å²) in [5.74, 6) is 0.455. The van der Waals surface area contributed by atoms with Gasteiger partial charge in [-0.3, -0.25) is 4.79 Å². The third-order valence-electron chi connectivity index (χ3n) is 3.62. The second-order valence-electron chi connectivity index (χ2n) is 5.31. The van der Waals surface area contributed by atoms with Gasteiger partial charge in [-0.05, 0) is 35.2 Å². The summed E-state index contributed by atoms with van der Waals surface area (Å²) in [4.78, 5) is 21.5. The van der Waals surface area contributed by atoms with E-state index in [-0.39, 0.29) is 11.3 Å². The van der Waals surface area contributed by atoms with Crippen molar-refractivity contribution >= 4 is 55.6 Å². The van der Waals surface area contributed by atoms with E-state index in [4.69, 9.17) is 11.6 Å². The van der Waals surface area contributed by atoms with Gasteiger partial charge in [-0.1, -0.05) is 29.8 Å². The number of aromatic nitrogens is 2. The third-order valence-corrected chi connectivity index (χ3v) is 5.68. The van der Waals surface area contributed by atoms with E-state index in [1.807, 2.05) is 22.9 Å². The van der Waals surface area contributed by atoms with Gasteiger partial charge in [0.1, 0.15) is 10.6 Å². The molecular weight excluding hydrogens is 376 g/mol. The van der Waals surface area contributed by atoms with E-state index in [1.54, 1.807) is 41.7 Å². The SMILES string of the molecule is O=c1[nH]c(C(Cl)=Cc2cccc(O)c2)nc2scc(-c3cccs3)c12. The van der Waals surface area contributed by atoms with Crippen molar-refractivity contribution in [2.75, 3.05) is 0 Å². The topological polar surface area (TPSA) is 66.0 Å². The molecule has 0 fully saturated rings. The van der Waals surface area contributed by atoms with Crippen molar-refractivity contribution in [1.82, 2.24) is 9.97 Å². The van der Waals surface area contributed by atoms with Gasteiger partial charge in [-0.2, -0.15) is 0 Å². The fourth-order valence-electron chi connectivity index (χ4n) is 2.50. The predicted octanol–water partition coefficient (Wildman–Crippen LogP) is 5.16. The van der Waals surface area contributed by atoms with E-state index in [2.05, 4.69) is 9.97 Å². The Morgan fingerprint density at radius 1 is 1.24 bits per heavy atom. The van der Waals surface area contributed by atoms with Crippen LogP contribution >= 0.6 is 34.3 Å². The maximum Gasteiger partial charge on any atom is 0.260 e. The minimum Gasteiger partial charge on any atom is -0.508 e. The molecule has 0 radical (unpaired) electrons. The fourth-order valence-corrected chi connectivity index (χ4v) is 4.48. The Hall–Kier alpha value is -2.41. The van der Waals surface area contributed by atoms with Crippen molar-refractivity contribution in [1.29, 1.82) is 0 Å². The van der Waals surface area contributed by atoms with Crippen LogP contribution in [-0.4, -0.2) is 15.1 Å². The number of phenols is 1. The van der Waals surface area contributed by atoms with Gasteiger partial charge in [0.05, 0.1) is 10.4 Å². The summed E-state index contributed by atoms with van der Waals surface area (Å²) in [6, 6.07) is 10.6. The summed E-state index contributed by atoms with van der Waals surface area (Å²) < 4.78 is 0. The zero-order valence-electron chi connectivity index (χ0n) is 12.7. The van der Waals surface area contributed by atoms with Crippen LogP contribution in [0.25, 0.3) is 31.8 Å². The molecule has 0 aliphatic carbocycles. The first-order valence-corrected chi connectivity index (χ1v) is 9.47. The Kier molecular flexibility index (Phi) is 4.17. The number of aromatic hydroxyl groups is 1. The van der Waals surface area contributed by atoms with Crippen LogP contribution in [-0.2, 0) is 0 Å². The fraction of sp³-hybridized carbons (Fsp3) is 0. The number of thiophene rings is 2.